The monoisotopic (exact) mass is 374 g/mol. The van der Waals surface area contributed by atoms with E-state index in [2.05, 4.69) is 0 Å². The summed E-state index contributed by atoms with van der Waals surface area (Å²) in [6.07, 6.45) is -1.29. The topological polar surface area (TPSA) is 72.8 Å². The van der Waals surface area contributed by atoms with Crippen LogP contribution in [-0.4, -0.2) is 39.1 Å². The number of hydrogen-bond donors (Lipinski definition) is 1. The number of aliphatic hydroxyl groups is 1. The van der Waals surface area contributed by atoms with Gasteiger partial charge in [0, 0.05) is 0 Å². The molecule has 1 atom stereocenters. The van der Waals surface area contributed by atoms with Crippen LogP contribution in [0.25, 0.3) is 0 Å². The van der Waals surface area contributed by atoms with Crippen molar-refractivity contribution in [3.05, 3.63) is 53.3 Å². The predicted molar refractivity (Wildman–Crippen MR) is 88.0 cm³/mol. The quantitative estimate of drug-likeness (QED) is 0.806. The first-order chi connectivity index (χ1) is 11.3. The maximum atomic E-state index is 12.9. The zero-order chi connectivity index (χ0) is 17.7. The average Bonchev–Trinajstić information content (AvgIpc) is 2.53. The molecule has 8 heteroatoms. The first-order valence-corrected chi connectivity index (χ1v) is 8.98. The van der Waals surface area contributed by atoms with Crippen LogP contribution in [0.3, 0.4) is 0 Å². The summed E-state index contributed by atoms with van der Waals surface area (Å²) < 4.78 is 48.0. The third-order valence-electron chi connectivity index (χ3n) is 3.14. The fourth-order valence-electron chi connectivity index (χ4n) is 2.05. The van der Waals surface area contributed by atoms with Crippen molar-refractivity contribution < 1.29 is 27.4 Å². The van der Waals surface area contributed by atoms with Crippen LogP contribution in [0.15, 0.2) is 47.4 Å². The molecule has 2 aromatic rings. The Hall–Kier alpha value is -1.83. The molecule has 0 bridgehead atoms. The Morgan fingerprint density at radius 1 is 1.21 bits per heavy atom. The van der Waals surface area contributed by atoms with Crippen LogP contribution in [0.5, 0.6) is 11.5 Å². The van der Waals surface area contributed by atoms with E-state index in [1.54, 1.807) is 12.1 Å². The maximum Gasteiger partial charge on any atom is 0.184 e. The molecule has 0 saturated heterocycles. The van der Waals surface area contributed by atoms with E-state index in [1.807, 2.05) is 0 Å². The summed E-state index contributed by atoms with van der Waals surface area (Å²) in [6.45, 7) is -0.306. The lowest BCUT2D eigenvalue weighted by Gasteiger charge is -2.15. The Bertz CT molecular complexity index is 810. The second kappa shape index (κ2) is 7.83. The SMILES string of the molecule is COc1ccccc1S(=O)(=O)C[C@H](O)COc1ccc(F)cc1Cl. The van der Waals surface area contributed by atoms with Gasteiger partial charge in [0.15, 0.2) is 9.84 Å². The number of halogens is 2. The van der Waals surface area contributed by atoms with Gasteiger partial charge in [0.05, 0.1) is 17.9 Å². The van der Waals surface area contributed by atoms with Gasteiger partial charge in [-0.1, -0.05) is 23.7 Å². The van der Waals surface area contributed by atoms with E-state index in [1.165, 1.54) is 25.3 Å². The molecule has 24 heavy (non-hydrogen) atoms. The van der Waals surface area contributed by atoms with Crippen molar-refractivity contribution in [2.24, 2.45) is 0 Å². The van der Waals surface area contributed by atoms with E-state index in [0.29, 0.717) is 0 Å². The molecule has 0 radical (unpaired) electrons. The summed E-state index contributed by atoms with van der Waals surface area (Å²) >= 11 is 5.80. The van der Waals surface area contributed by atoms with Crippen molar-refractivity contribution in [1.29, 1.82) is 0 Å². The Morgan fingerprint density at radius 3 is 2.58 bits per heavy atom. The van der Waals surface area contributed by atoms with Crippen molar-refractivity contribution in [2.75, 3.05) is 19.5 Å². The molecule has 0 aromatic heterocycles. The highest BCUT2D eigenvalue weighted by Gasteiger charge is 2.23. The Kier molecular flexibility index (Phi) is 6.04. The molecule has 0 unspecified atom stereocenters. The summed E-state index contributed by atoms with van der Waals surface area (Å²) in [5.41, 5.74) is 0. The molecule has 0 aliphatic heterocycles. The molecule has 0 spiro atoms. The molecule has 130 valence electrons. The maximum absolute atomic E-state index is 12.9. The van der Waals surface area contributed by atoms with Gasteiger partial charge in [0.25, 0.3) is 0 Å². The number of para-hydroxylation sites is 1. The summed E-state index contributed by atoms with van der Waals surface area (Å²) in [7, 11) is -2.41. The lowest BCUT2D eigenvalue weighted by atomic mass is 10.3. The Morgan fingerprint density at radius 2 is 1.92 bits per heavy atom. The van der Waals surface area contributed by atoms with E-state index in [0.717, 1.165) is 12.1 Å². The Balaban J connectivity index is 2.04. The van der Waals surface area contributed by atoms with Gasteiger partial charge in [-0.2, -0.15) is 0 Å². The lowest BCUT2D eigenvalue weighted by molar-refractivity contribution is 0.125. The minimum Gasteiger partial charge on any atom is -0.495 e. The van der Waals surface area contributed by atoms with Gasteiger partial charge in [0.1, 0.15) is 34.9 Å². The highest BCUT2D eigenvalue weighted by molar-refractivity contribution is 7.91. The second-order valence-corrected chi connectivity index (χ2v) is 7.38. The van der Waals surface area contributed by atoms with Crippen LogP contribution in [0.4, 0.5) is 4.39 Å². The van der Waals surface area contributed by atoms with E-state index in [-0.39, 0.29) is 28.0 Å². The van der Waals surface area contributed by atoms with Crippen molar-refractivity contribution >= 4 is 21.4 Å². The van der Waals surface area contributed by atoms with E-state index in [4.69, 9.17) is 21.1 Å². The highest BCUT2D eigenvalue weighted by atomic mass is 35.5. The molecule has 2 aromatic carbocycles. The molecule has 0 aliphatic carbocycles. The number of ether oxygens (including phenoxy) is 2. The minimum absolute atomic E-state index is 0.00800. The number of methoxy groups -OCH3 is 1. The lowest BCUT2D eigenvalue weighted by Crippen LogP contribution is -2.27. The number of rotatable bonds is 7. The summed E-state index contributed by atoms with van der Waals surface area (Å²) in [6, 6.07) is 9.66. The summed E-state index contributed by atoms with van der Waals surface area (Å²) in [5, 5.41) is 9.99. The van der Waals surface area contributed by atoms with Crippen LogP contribution in [-0.2, 0) is 9.84 Å². The summed E-state index contributed by atoms with van der Waals surface area (Å²) in [4.78, 5) is -0.00800. The van der Waals surface area contributed by atoms with Crippen molar-refractivity contribution in [3.8, 4) is 11.5 Å². The number of hydrogen-bond acceptors (Lipinski definition) is 5. The zero-order valence-electron chi connectivity index (χ0n) is 12.8. The molecule has 2 rings (SSSR count). The second-order valence-electron chi connectivity index (χ2n) is 4.97. The standard InChI is InChI=1S/C16H16ClFO5S/c1-22-15-4-2-3-5-16(15)24(20,21)10-12(19)9-23-14-7-6-11(18)8-13(14)17/h2-8,12,19H,9-10H2,1H3/t12-/m1/s1. The number of aliphatic hydroxyl groups excluding tert-OH is 1. The molecule has 0 heterocycles. The van der Waals surface area contributed by atoms with Gasteiger partial charge in [-0.3, -0.25) is 0 Å². The van der Waals surface area contributed by atoms with Crippen LogP contribution in [0.1, 0.15) is 0 Å². The molecular formula is C16H16ClFO5S. The van der Waals surface area contributed by atoms with Gasteiger partial charge < -0.3 is 14.6 Å². The summed E-state index contributed by atoms with van der Waals surface area (Å²) in [5.74, 6) is -0.711. The van der Waals surface area contributed by atoms with Gasteiger partial charge in [0.2, 0.25) is 0 Å². The molecule has 0 aliphatic rings. The van der Waals surface area contributed by atoms with Crippen molar-refractivity contribution in [3.63, 3.8) is 0 Å². The normalized spacial score (nSPS) is 12.7. The van der Waals surface area contributed by atoms with E-state index >= 15 is 0 Å². The Labute approximate surface area is 144 Å². The fraction of sp³-hybridized carbons (Fsp3) is 0.250. The van der Waals surface area contributed by atoms with Gasteiger partial charge >= 0.3 is 0 Å². The molecule has 1 N–H and O–H groups in total. The third kappa shape index (κ3) is 4.59. The van der Waals surface area contributed by atoms with Crippen molar-refractivity contribution in [1.82, 2.24) is 0 Å². The van der Waals surface area contributed by atoms with Crippen LogP contribution < -0.4 is 9.47 Å². The molecule has 0 saturated carbocycles. The van der Waals surface area contributed by atoms with Gasteiger partial charge in [-0.25, -0.2) is 12.8 Å². The van der Waals surface area contributed by atoms with E-state index in [9.17, 15) is 17.9 Å². The van der Waals surface area contributed by atoms with Crippen LogP contribution >= 0.6 is 11.6 Å². The average molecular weight is 375 g/mol. The number of benzene rings is 2. The first-order valence-electron chi connectivity index (χ1n) is 6.95. The minimum atomic E-state index is -3.77. The van der Waals surface area contributed by atoms with E-state index < -0.39 is 27.5 Å². The van der Waals surface area contributed by atoms with Crippen LogP contribution in [0, 0.1) is 5.82 Å². The molecular weight excluding hydrogens is 359 g/mol. The van der Waals surface area contributed by atoms with Gasteiger partial charge in [-0.05, 0) is 30.3 Å². The fourth-order valence-corrected chi connectivity index (χ4v) is 3.79. The largest absolute Gasteiger partial charge is 0.495 e. The molecule has 0 amide bonds. The first kappa shape index (κ1) is 18.5. The van der Waals surface area contributed by atoms with Gasteiger partial charge in [-0.15, -0.1) is 0 Å². The highest BCUT2D eigenvalue weighted by Crippen LogP contribution is 2.26. The smallest absolute Gasteiger partial charge is 0.184 e. The third-order valence-corrected chi connectivity index (χ3v) is 5.27. The molecule has 5 nitrogen and oxygen atoms in total. The number of sulfone groups is 1. The van der Waals surface area contributed by atoms with Crippen molar-refractivity contribution in [2.45, 2.75) is 11.0 Å². The molecule has 0 fully saturated rings. The predicted octanol–water partition coefficient (Wildman–Crippen LogP) is 2.70. The zero-order valence-corrected chi connectivity index (χ0v) is 14.3. The van der Waals surface area contributed by atoms with Crippen LogP contribution in [0.2, 0.25) is 5.02 Å².